The molecule has 3 rings (SSSR count). The fourth-order valence-corrected chi connectivity index (χ4v) is 3.04. The van der Waals surface area contributed by atoms with Crippen LogP contribution in [0.3, 0.4) is 0 Å². The molecule has 3 heteroatoms. The molecule has 1 N–H and O–H groups in total. The largest absolute Gasteiger partial charge is 0.341 e. The second kappa shape index (κ2) is 3.98. The topological polar surface area (TPSA) is 32.3 Å². The van der Waals surface area contributed by atoms with Gasteiger partial charge in [-0.15, -0.1) is 0 Å². The van der Waals surface area contributed by atoms with Crippen molar-refractivity contribution >= 4 is 5.91 Å². The zero-order valence-electron chi connectivity index (χ0n) is 11.0. The molecule has 1 amide bonds. The molecular formula is C14H24N2O. The Balaban J connectivity index is 1.56. The Morgan fingerprint density at radius 3 is 2.59 bits per heavy atom. The van der Waals surface area contributed by atoms with E-state index in [1.807, 2.05) is 0 Å². The van der Waals surface area contributed by atoms with Crippen molar-refractivity contribution < 1.29 is 4.79 Å². The van der Waals surface area contributed by atoms with Crippen LogP contribution in [0.2, 0.25) is 0 Å². The van der Waals surface area contributed by atoms with E-state index in [2.05, 4.69) is 24.1 Å². The maximum absolute atomic E-state index is 12.3. The highest BCUT2D eigenvalue weighted by atomic mass is 16.2. The smallest absolute Gasteiger partial charge is 0.239 e. The molecule has 0 spiro atoms. The van der Waals surface area contributed by atoms with Crippen molar-refractivity contribution in [3.8, 4) is 0 Å². The molecule has 96 valence electrons. The molecule has 0 aromatic heterocycles. The highest BCUT2D eigenvalue weighted by Crippen LogP contribution is 2.52. The average Bonchev–Trinajstić information content (AvgIpc) is 3.16. The van der Waals surface area contributed by atoms with Gasteiger partial charge in [-0.25, -0.2) is 0 Å². The summed E-state index contributed by atoms with van der Waals surface area (Å²) in [6.45, 7) is 6.57. The maximum Gasteiger partial charge on any atom is 0.239 e. The maximum atomic E-state index is 12.3. The molecule has 1 aliphatic heterocycles. The van der Waals surface area contributed by atoms with Crippen LogP contribution in [0.1, 0.15) is 46.0 Å². The van der Waals surface area contributed by atoms with Crippen LogP contribution in [0, 0.1) is 11.3 Å². The fraction of sp³-hybridized carbons (Fsp3) is 0.929. The van der Waals surface area contributed by atoms with Gasteiger partial charge < -0.3 is 10.2 Å². The van der Waals surface area contributed by atoms with Crippen molar-refractivity contribution in [2.24, 2.45) is 11.3 Å². The lowest BCUT2D eigenvalue weighted by Gasteiger charge is -2.26. The summed E-state index contributed by atoms with van der Waals surface area (Å²) >= 11 is 0. The lowest BCUT2D eigenvalue weighted by Crippen LogP contribution is -2.41. The molecule has 17 heavy (non-hydrogen) atoms. The van der Waals surface area contributed by atoms with E-state index in [-0.39, 0.29) is 6.04 Å². The van der Waals surface area contributed by atoms with Crippen LogP contribution in [0.15, 0.2) is 0 Å². The van der Waals surface area contributed by atoms with Crippen molar-refractivity contribution in [2.75, 3.05) is 13.1 Å². The first-order chi connectivity index (χ1) is 8.11. The third kappa shape index (κ3) is 2.22. The molecular weight excluding hydrogens is 212 g/mol. The molecule has 3 nitrogen and oxygen atoms in total. The third-order valence-electron chi connectivity index (χ3n) is 4.93. The lowest BCUT2D eigenvalue weighted by atomic mass is 9.92. The number of nitrogens with one attached hydrogen (secondary N) is 1. The molecule has 3 fully saturated rings. The molecule has 0 radical (unpaired) electrons. The Morgan fingerprint density at radius 2 is 2.06 bits per heavy atom. The van der Waals surface area contributed by atoms with E-state index in [0.717, 1.165) is 19.5 Å². The number of carbonyl (C=O) groups excluding carboxylic acids is 1. The Labute approximate surface area is 104 Å². The summed E-state index contributed by atoms with van der Waals surface area (Å²) in [6.07, 6.45) is 6.17. The number of carbonyl (C=O) groups is 1. The molecule has 0 aromatic rings. The van der Waals surface area contributed by atoms with E-state index in [1.54, 1.807) is 0 Å². The predicted octanol–water partition coefficient (Wildman–Crippen LogP) is 1.78. The minimum absolute atomic E-state index is 0.130. The van der Waals surface area contributed by atoms with E-state index in [4.69, 9.17) is 0 Å². The second-order valence-corrected chi connectivity index (χ2v) is 6.56. The Kier molecular flexibility index (Phi) is 2.69. The molecule has 2 aliphatic carbocycles. The van der Waals surface area contributed by atoms with Gasteiger partial charge in [0.1, 0.15) is 0 Å². The standard InChI is InChI=1S/C14H24N2O/c1-10(2)14(6-7-14)9-16-8-5-12(13(16)17)15-11-3-4-11/h10-12,15H,3-9H2,1-2H3. The first-order valence-electron chi connectivity index (χ1n) is 7.15. The van der Waals surface area contributed by atoms with Gasteiger partial charge in [0.2, 0.25) is 5.91 Å². The average molecular weight is 236 g/mol. The van der Waals surface area contributed by atoms with Gasteiger partial charge in [0.15, 0.2) is 0 Å². The summed E-state index contributed by atoms with van der Waals surface area (Å²) in [5.41, 5.74) is 0.462. The van der Waals surface area contributed by atoms with Gasteiger partial charge in [0, 0.05) is 19.1 Å². The highest BCUT2D eigenvalue weighted by Gasteiger charge is 2.48. The minimum Gasteiger partial charge on any atom is -0.341 e. The number of hydrogen-bond acceptors (Lipinski definition) is 2. The summed E-state index contributed by atoms with van der Waals surface area (Å²) in [5.74, 6) is 1.08. The summed E-state index contributed by atoms with van der Waals surface area (Å²) in [6, 6.07) is 0.773. The minimum atomic E-state index is 0.130. The number of rotatable bonds is 5. The van der Waals surface area contributed by atoms with Crippen molar-refractivity contribution in [3.05, 3.63) is 0 Å². The first-order valence-corrected chi connectivity index (χ1v) is 7.15. The normalized spacial score (nSPS) is 31.4. The van der Waals surface area contributed by atoms with Crippen molar-refractivity contribution in [1.29, 1.82) is 0 Å². The molecule has 3 aliphatic rings. The second-order valence-electron chi connectivity index (χ2n) is 6.56. The molecule has 1 heterocycles. The zero-order chi connectivity index (χ0) is 12.0. The third-order valence-corrected chi connectivity index (χ3v) is 4.93. The molecule has 1 saturated heterocycles. The van der Waals surface area contributed by atoms with E-state index in [9.17, 15) is 4.79 Å². The summed E-state index contributed by atoms with van der Waals surface area (Å²) in [4.78, 5) is 14.4. The summed E-state index contributed by atoms with van der Waals surface area (Å²) < 4.78 is 0. The van der Waals surface area contributed by atoms with Gasteiger partial charge >= 0.3 is 0 Å². The predicted molar refractivity (Wildman–Crippen MR) is 67.6 cm³/mol. The van der Waals surface area contributed by atoms with Gasteiger partial charge in [0.25, 0.3) is 0 Å². The van der Waals surface area contributed by atoms with Crippen LogP contribution in [0.25, 0.3) is 0 Å². The SMILES string of the molecule is CC(C)C1(CN2CCC(NC3CC3)C2=O)CC1. The first kappa shape index (κ1) is 11.5. The Morgan fingerprint density at radius 1 is 1.35 bits per heavy atom. The van der Waals surface area contributed by atoms with Crippen LogP contribution < -0.4 is 5.32 Å². The van der Waals surface area contributed by atoms with Gasteiger partial charge in [-0.05, 0) is 43.4 Å². The van der Waals surface area contributed by atoms with E-state index in [0.29, 0.717) is 23.3 Å². The van der Waals surface area contributed by atoms with Gasteiger partial charge in [-0.1, -0.05) is 13.8 Å². The van der Waals surface area contributed by atoms with Crippen molar-refractivity contribution in [1.82, 2.24) is 10.2 Å². The molecule has 1 atom stereocenters. The van der Waals surface area contributed by atoms with Gasteiger partial charge in [0.05, 0.1) is 6.04 Å². The van der Waals surface area contributed by atoms with Crippen LogP contribution in [-0.2, 0) is 4.79 Å². The summed E-state index contributed by atoms with van der Waals surface area (Å²) in [7, 11) is 0. The fourth-order valence-electron chi connectivity index (χ4n) is 3.04. The number of hydrogen-bond donors (Lipinski definition) is 1. The Bertz CT molecular complexity index is 318. The quantitative estimate of drug-likeness (QED) is 0.789. The highest BCUT2D eigenvalue weighted by molar-refractivity contribution is 5.84. The van der Waals surface area contributed by atoms with E-state index < -0.39 is 0 Å². The van der Waals surface area contributed by atoms with Crippen LogP contribution >= 0.6 is 0 Å². The van der Waals surface area contributed by atoms with Crippen LogP contribution in [0.4, 0.5) is 0 Å². The monoisotopic (exact) mass is 236 g/mol. The van der Waals surface area contributed by atoms with Gasteiger partial charge in [-0.3, -0.25) is 4.79 Å². The number of amides is 1. The molecule has 2 saturated carbocycles. The lowest BCUT2D eigenvalue weighted by molar-refractivity contribution is -0.130. The van der Waals surface area contributed by atoms with Gasteiger partial charge in [-0.2, -0.15) is 0 Å². The number of likely N-dealkylation sites (tertiary alicyclic amines) is 1. The van der Waals surface area contributed by atoms with Crippen LogP contribution in [0.5, 0.6) is 0 Å². The molecule has 0 bridgehead atoms. The van der Waals surface area contributed by atoms with Crippen LogP contribution in [-0.4, -0.2) is 36.0 Å². The van der Waals surface area contributed by atoms with E-state index >= 15 is 0 Å². The zero-order valence-corrected chi connectivity index (χ0v) is 11.0. The summed E-state index contributed by atoms with van der Waals surface area (Å²) in [5, 5.41) is 3.48. The van der Waals surface area contributed by atoms with Crippen molar-refractivity contribution in [3.63, 3.8) is 0 Å². The molecule has 0 aromatic carbocycles. The van der Waals surface area contributed by atoms with E-state index in [1.165, 1.54) is 25.7 Å². The Hall–Kier alpha value is -0.570. The van der Waals surface area contributed by atoms with Crippen molar-refractivity contribution in [2.45, 2.75) is 58.0 Å². The number of nitrogens with zero attached hydrogens (tertiary/aromatic N) is 1. The molecule has 1 unspecified atom stereocenters.